The molecule has 0 radical (unpaired) electrons. The van der Waals surface area contributed by atoms with Crippen LogP contribution in [0.3, 0.4) is 0 Å². The number of hydrogen-bond donors (Lipinski definition) is 2. The molecule has 0 fully saturated rings. The molecule has 0 spiro atoms. The van der Waals surface area contributed by atoms with Crippen LogP contribution in [-0.4, -0.2) is 16.9 Å². The van der Waals surface area contributed by atoms with E-state index >= 15 is 0 Å². The minimum atomic E-state index is -0.00523. The van der Waals surface area contributed by atoms with Gasteiger partial charge in [0.25, 0.3) is 5.91 Å². The third-order valence-corrected chi connectivity index (χ3v) is 2.88. The standard InChI is InChI=1S/C14H18N2O/c1-8(2)15-14(17)12-10(4)16-13-9(3)6-5-7-11(12)13/h5-8,16H,1-4H3,(H,15,17). The van der Waals surface area contributed by atoms with Crippen LogP contribution in [0.1, 0.15) is 35.5 Å². The number of hydrogen-bond acceptors (Lipinski definition) is 1. The Morgan fingerprint density at radius 3 is 2.65 bits per heavy atom. The Bertz CT molecular complexity index is 567. The maximum Gasteiger partial charge on any atom is 0.253 e. The summed E-state index contributed by atoms with van der Waals surface area (Å²) in [5.41, 5.74) is 3.90. The fraction of sp³-hybridized carbons (Fsp3) is 0.357. The van der Waals surface area contributed by atoms with E-state index in [9.17, 15) is 4.79 Å². The highest BCUT2D eigenvalue weighted by atomic mass is 16.1. The maximum absolute atomic E-state index is 12.1. The lowest BCUT2D eigenvalue weighted by Gasteiger charge is -2.08. The predicted molar refractivity (Wildman–Crippen MR) is 70.4 cm³/mol. The van der Waals surface area contributed by atoms with E-state index in [1.54, 1.807) is 0 Å². The summed E-state index contributed by atoms with van der Waals surface area (Å²) in [5, 5.41) is 3.94. The highest BCUT2D eigenvalue weighted by Gasteiger charge is 2.16. The second-order valence-corrected chi connectivity index (χ2v) is 4.75. The number of fused-ring (bicyclic) bond motifs is 1. The zero-order valence-corrected chi connectivity index (χ0v) is 10.7. The van der Waals surface area contributed by atoms with Gasteiger partial charge in [0.05, 0.1) is 5.56 Å². The molecule has 1 aromatic carbocycles. The number of benzene rings is 1. The van der Waals surface area contributed by atoms with Crippen LogP contribution in [0.2, 0.25) is 0 Å². The minimum absolute atomic E-state index is 0.00523. The smallest absolute Gasteiger partial charge is 0.253 e. The highest BCUT2D eigenvalue weighted by molar-refractivity contribution is 6.08. The number of nitrogens with one attached hydrogen (secondary N) is 2. The van der Waals surface area contributed by atoms with E-state index in [4.69, 9.17) is 0 Å². The number of carbonyl (C=O) groups is 1. The van der Waals surface area contributed by atoms with Gasteiger partial charge in [-0.05, 0) is 33.3 Å². The van der Waals surface area contributed by atoms with Crippen LogP contribution < -0.4 is 5.32 Å². The Hall–Kier alpha value is -1.77. The molecule has 2 N–H and O–H groups in total. The van der Waals surface area contributed by atoms with Gasteiger partial charge in [0.2, 0.25) is 0 Å². The van der Waals surface area contributed by atoms with Crippen molar-refractivity contribution < 1.29 is 4.79 Å². The molecule has 90 valence electrons. The summed E-state index contributed by atoms with van der Waals surface area (Å²) in [7, 11) is 0. The molecule has 1 amide bonds. The number of rotatable bonds is 2. The molecule has 17 heavy (non-hydrogen) atoms. The first-order valence-electron chi connectivity index (χ1n) is 5.89. The molecular weight excluding hydrogens is 212 g/mol. The van der Waals surface area contributed by atoms with Gasteiger partial charge < -0.3 is 10.3 Å². The van der Waals surface area contributed by atoms with E-state index in [2.05, 4.69) is 10.3 Å². The van der Waals surface area contributed by atoms with Crippen LogP contribution in [-0.2, 0) is 0 Å². The van der Waals surface area contributed by atoms with Crippen molar-refractivity contribution in [3.05, 3.63) is 35.0 Å². The van der Waals surface area contributed by atoms with Crippen molar-refractivity contribution >= 4 is 16.8 Å². The molecule has 0 bridgehead atoms. The van der Waals surface area contributed by atoms with Crippen molar-refractivity contribution in [2.24, 2.45) is 0 Å². The summed E-state index contributed by atoms with van der Waals surface area (Å²) >= 11 is 0. The summed E-state index contributed by atoms with van der Waals surface area (Å²) in [6, 6.07) is 6.16. The van der Waals surface area contributed by atoms with Gasteiger partial charge in [0.15, 0.2) is 0 Å². The maximum atomic E-state index is 12.1. The zero-order chi connectivity index (χ0) is 12.6. The molecule has 0 aliphatic heterocycles. The summed E-state index contributed by atoms with van der Waals surface area (Å²) in [6.45, 7) is 7.91. The van der Waals surface area contributed by atoms with Gasteiger partial charge in [-0.1, -0.05) is 18.2 Å². The van der Waals surface area contributed by atoms with E-state index in [0.717, 1.165) is 27.7 Å². The Morgan fingerprint density at radius 1 is 1.29 bits per heavy atom. The second kappa shape index (κ2) is 4.24. The van der Waals surface area contributed by atoms with Crippen LogP contribution in [0, 0.1) is 13.8 Å². The van der Waals surface area contributed by atoms with Crippen LogP contribution in [0.15, 0.2) is 18.2 Å². The molecule has 0 atom stereocenters. The van der Waals surface area contributed by atoms with E-state index in [-0.39, 0.29) is 11.9 Å². The number of aromatic amines is 1. The van der Waals surface area contributed by atoms with Crippen molar-refractivity contribution in [3.8, 4) is 0 Å². The second-order valence-electron chi connectivity index (χ2n) is 4.75. The number of H-pyrrole nitrogens is 1. The quantitative estimate of drug-likeness (QED) is 0.818. The van der Waals surface area contributed by atoms with Crippen molar-refractivity contribution in [2.45, 2.75) is 33.7 Å². The van der Waals surface area contributed by atoms with Gasteiger partial charge in [0.1, 0.15) is 0 Å². The number of amides is 1. The molecule has 1 heterocycles. The van der Waals surface area contributed by atoms with Crippen LogP contribution in [0.4, 0.5) is 0 Å². The lowest BCUT2D eigenvalue weighted by atomic mass is 10.1. The molecule has 0 aliphatic rings. The zero-order valence-electron chi connectivity index (χ0n) is 10.7. The Morgan fingerprint density at radius 2 is 2.00 bits per heavy atom. The Labute approximate surface area is 101 Å². The lowest BCUT2D eigenvalue weighted by Crippen LogP contribution is -2.30. The summed E-state index contributed by atoms with van der Waals surface area (Å²) < 4.78 is 0. The SMILES string of the molecule is Cc1[nH]c2c(C)cccc2c1C(=O)NC(C)C. The lowest BCUT2D eigenvalue weighted by molar-refractivity contribution is 0.0944. The van der Waals surface area contributed by atoms with Crippen molar-refractivity contribution in [3.63, 3.8) is 0 Å². The van der Waals surface area contributed by atoms with E-state index in [0.29, 0.717) is 0 Å². The molecule has 3 heteroatoms. The van der Waals surface area contributed by atoms with Crippen molar-refractivity contribution in [1.82, 2.24) is 10.3 Å². The van der Waals surface area contributed by atoms with E-state index < -0.39 is 0 Å². The third kappa shape index (κ3) is 2.05. The average molecular weight is 230 g/mol. The fourth-order valence-electron chi connectivity index (χ4n) is 2.12. The number of aromatic nitrogens is 1. The highest BCUT2D eigenvalue weighted by Crippen LogP contribution is 2.24. The van der Waals surface area contributed by atoms with Gasteiger partial charge >= 0.3 is 0 Å². The first kappa shape index (κ1) is 11.7. The fourth-order valence-corrected chi connectivity index (χ4v) is 2.12. The van der Waals surface area contributed by atoms with Gasteiger partial charge in [0, 0.05) is 22.6 Å². The van der Waals surface area contributed by atoms with Gasteiger partial charge in [-0.2, -0.15) is 0 Å². The topological polar surface area (TPSA) is 44.9 Å². The van der Waals surface area contributed by atoms with Crippen molar-refractivity contribution in [2.75, 3.05) is 0 Å². The van der Waals surface area contributed by atoms with Crippen molar-refractivity contribution in [1.29, 1.82) is 0 Å². The van der Waals surface area contributed by atoms with Crippen LogP contribution >= 0.6 is 0 Å². The first-order valence-corrected chi connectivity index (χ1v) is 5.89. The van der Waals surface area contributed by atoms with Gasteiger partial charge in [-0.15, -0.1) is 0 Å². The molecule has 0 saturated heterocycles. The number of aryl methyl sites for hydroxylation is 2. The molecule has 3 nitrogen and oxygen atoms in total. The minimum Gasteiger partial charge on any atom is -0.358 e. The van der Waals surface area contributed by atoms with Gasteiger partial charge in [-0.3, -0.25) is 4.79 Å². The number of para-hydroxylation sites is 1. The number of carbonyl (C=O) groups excluding carboxylic acids is 1. The molecule has 0 saturated carbocycles. The monoisotopic (exact) mass is 230 g/mol. The van der Waals surface area contributed by atoms with E-state index in [1.807, 2.05) is 45.9 Å². The normalized spacial score (nSPS) is 11.1. The third-order valence-electron chi connectivity index (χ3n) is 2.88. The molecular formula is C14H18N2O. The molecule has 0 aliphatic carbocycles. The first-order chi connectivity index (χ1) is 8.00. The summed E-state index contributed by atoms with van der Waals surface area (Å²) in [4.78, 5) is 15.4. The largest absolute Gasteiger partial charge is 0.358 e. The predicted octanol–water partition coefficient (Wildman–Crippen LogP) is 2.92. The summed E-state index contributed by atoms with van der Waals surface area (Å²) in [6.07, 6.45) is 0. The Kier molecular flexibility index (Phi) is 2.92. The van der Waals surface area contributed by atoms with Crippen LogP contribution in [0.25, 0.3) is 10.9 Å². The molecule has 1 aromatic heterocycles. The van der Waals surface area contributed by atoms with E-state index in [1.165, 1.54) is 0 Å². The molecule has 2 rings (SSSR count). The Balaban J connectivity index is 2.57. The average Bonchev–Trinajstić information content (AvgIpc) is 2.55. The molecule has 0 unspecified atom stereocenters. The van der Waals surface area contributed by atoms with Gasteiger partial charge in [-0.25, -0.2) is 0 Å². The summed E-state index contributed by atoms with van der Waals surface area (Å²) in [5.74, 6) is -0.00523. The molecule has 2 aromatic rings. The van der Waals surface area contributed by atoms with Crippen LogP contribution in [0.5, 0.6) is 0 Å².